The molecule has 6 rings (SSSR count). The molecule has 1 N–H and O–H groups in total. The third-order valence-electron chi connectivity index (χ3n) is 9.45. The van der Waals surface area contributed by atoms with Crippen molar-refractivity contribution in [3.8, 4) is 11.4 Å². The van der Waals surface area contributed by atoms with Crippen LogP contribution in [0.1, 0.15) is 61.3 Å². The topological polar surface area (TPSA) is 108 Å². The Bertz CT molecular complexity index is 1610. The lowest BCUT2D eigenvalue weighted by Crippen LogP contribution is -2.44. The van der Waals surface area contributed by atoms with Gasteiger partial charge in [0.25, 0.3) is 5.56 Å². The van der Waals surface area contributed by atoms with E-state index >= 15 is 0 Å². The number of nitrogens with zero attached hydrogens (tertiary/aromatic N) is 2. The number of carbonyl (C=O) groups excluding carboxylic acids is 2. The highest BCUT2D eigenvalue weighted by molar-refractivity contribution is 6.77. The molecule has 0 saturated heterocycles. The zero-order valence-electron chi connectivity index (χ0n) is 24.1. The molecule has 3 aromatic rings. The van der Waals surface area contributed by atoms with Crippen LogP contribution >= 0.6 is 0 Å². The van der Waals surface area contributed by atoms with Gasteiger partial charge in [-0.1, -0.05) is 56.7 Å². The van der Waals surface area contributed by atoms with Crippen molar-refractivity contribution in [3.63, 3.8) is 0 Å². The summed E-state index contributed by atoms with van der Waals surface area (Å²) in [5.41, 5.74) is 3.10. The number of pyridine rings is 2. The monoisotopic (exact) mass is 574 g/mol. The number of para-hydroxylation sites is 1. The number of rotatable bonds is 9. The summed E-state index contributed by atoms with van der Waals surface area (Å²) in [5.74, 6) is -0.625. The van der Waals surface area contributed by atoms with E-state index in [0.29, 0.717) is 30.0 Å². The quantitative estimate of drug-likeness (QED) is 0.169. The first-order chi connectivity index (χ1) is 19.6. The zero-order valence-corrected chi connectivity index (χ0v) is 25.1. The van der Waals surface area contributed by atoms with E-state index in [-0.39, 0.29) is 30.5 Å². The van der Waals surface area contributed by atoms with Crippen LogP contribution in [0.15, 0.2) is 35.1 Å². The molecular weight excluding hydrogens is 536 g/mol. The minimum Gasteiger partial charge on any atom is -0.465 e. The molecule has 0 radical (unpaired) electrons. The molecule has 1 fully saturated rings. The maximum atomic E-state index is 13.7. The number of hydrogen-bond acceptors (Lipinski definition) is 7. The van der Waals surface area contributed by atoms with Gasteiger partial charge in [-0.05, 0) is 49.8 Å². The van der Waals surface area contributed by atoms with Crippen LogP contribution in [0, 0.1) is 5.92 Å². The first-order valence-corrected chi connectivity index (χ1v) is 18.3. The predicted molar refractivity (Wildman–Crippen MR) is 158 cm³/mol. The first-order valence-electron chi connectivity index (χ1n) is 14.9. The van der Waals surface area contributed by atoms with Crippen molar-refractivity contribution in [2.75, 3.05) is 6.61 Å². The fourth-order valence-corrected chi connectivity index (χ4v) is 8.75. The minimum atomic E-state index is -1.84. The van der Waals surface area contributed by atoms with Gasteiger partial charge in [-0.2, -0.15) is 0 Å². The number of fused-ring (bicyclic) bond motifs is 5. The van der Waals surface area contributed by atoms with E-state index in [1.807, 2.05) is 18.2 Å². The second-order valence-corrected chi connectivity index (χ2v) is 17.9. The van der Waals surface area contributed by atoms with Gasteiger partial charge >= 0.3 is 11.9 Å². The average Bonchev–Trinajstić information content (AvgIpc) is 3.29. The van der Waals surface area contributed by atoms with E-state index in [9.17, 15) is 19.5 Å². The largest absolute Gasteiger partial charge is 0.465 e. The van der Waals surface area contributed by atoms with E-state index < -0.39 is 19.6 Å². The molecule has 1 atom stereocenters. The smallest absolute Gasteiger partial charge is 0.343 e. The SMILES string of the molecule is CC[C@@]1(O)C(=O)OCc2c1cc1n(c2=O)Cc2c-1nc1ccccc1c2CC[Si](C)(C)CCCOC(=O)C1CCC1. The van der Waals surface area contributed by atoms with Crippen molar-refractivity contribution in [1.29, 1.82) is 0 Å². The second-order valence-electron chi connectivity index (χ2n) is 12.6. The summed E-state index contributed by atoms with van der Waals surface area (Å²) in [5, 5.41) is 12.3. The van der Waals surface area contributed by atoms with Crippen molar-refractivity contribution < 1.29 is 24.2 Å². The highest BCUT2D eigenvalue weighted by Crippen LogP contribution is 2.41. The lowest BCUT2D eigenvalue weighted by Gasteiger charge is -2.31. The van der Waals surface area contributed by atoms with Gasteiger partial charge in [-0.25, -0.2) is 9.78 Å². The second kappa shape index (κ2) is 10.5. The highest BCUT2D eigenvalue weighted by Gasteiger charge is 2.45. The molecule has 0 unspecified atom stereocenters. The predicted octanol–water partition coefficient (Wildman–Crippen LogP) is 5.06. The normalized spacial score (nSPS) is 19.8. The van der Waals surface area contributed by atoms with Crippen LogP contribution < -0.4 is 5.56 Å². The van der Waals surface area contributed by atoms with Gasteiger partial charge in [0.1, 0.15) is 6.61 Å². The number of aromatic nitrogens is 2. The van der Waals surface area contributed by atoms with Crippen molar-refractivity contribution >= 4 is 30.9 Å². The molecule has 0 spiro atoms. The van der Waals surface area contributed by atoms with Crippen LogP contribution in [0.25, 0.3) is 22.3 Å². The van der Waals surface area contributed by atoms with E-state index in [1.165, 1.54) is 5.56 Å². The first kappa shape index (κ1) is 27.8. The summed E-state index contributed by atoms with van der Waals surface area (Å²) in [6, 6.07) is 12.0. The van der Waals surface area contributed by atoms with E-state index in [1.54, 1.807) is 17.6 Å². The number of aliphatic hydroxyl groups is 1. The summed E-state index contributed by atoms with van der Waals surface area (Å²) >= 11 is 0. The van der Waals surface area contributed by atoms with Crippen molar-refractivity contribution in [2.45, 2.75) is 89.4 Å². The Labute approximate surface area is 240 Å². The lowest BCUT2D eigenvalue weighted by atomic mass is 9.86. The van der Waals surface area contributed by atoms with Crippen LogP contribution in [0.2, 0.25) is 25.2 Å². The molecule has 1 aliphatic carbocycles. The number of cyclic esters (lactones) is 1. The molecule has 8 nitrogen and oxygen atoms in total. The Hall–Kier alpha value is -3.30. The Balaban J connectivity index is 1.29. The maximum Gasteiger partial charge on any atom is 0.343 e. The summed E-state index contributed by atoms with van der Waals surface area (Å²) in [6.45, 7) is 7.26. The molecule has 1 aromatic carbocycles. The van der Waals surface area contributed by atoms with E-state index in [0.717, 1.165) is 66.4 Å². The van der Waals surface area contributed by atoms with Crippen LogP contribution in [0.4, 0.5) is 0 Å². The van der Waals surface area contributed by atoms with Gasteiger partial charge in [-0.3, -0.25) is 9.59 Å². The third-order valence-corrected chi connectivity index (χ3v) is 12.8. The molecule has 0 bridgehead atoms. The standard InChI is InChI=1S/C32H38N2O6Si/c1-4-32(38)25-17-27-28-23(18-34(27)29(35)24(25)19-40-31(32)37)21(22-11-5-6-12-26(22)33-28)13-16-41(2,3)15-8-14-39-30(36)20-9-7-10-20/h5-6,11-12,17,20,38H,4,7-10,13-16,18-19H2,1-3H3/t32-/m0/s1. The molecule has 216 valence electrons. The fourth-order valence-electron chi connectivity index (χ4n) is 6.47. The summed E-state index contributed by atoms with van der Waals surface area (Å²) in [6.07, 6.45) is 4.94. The zero-order chi connectivity index (χ0) is 28.9. The fraction of sp³-hybridized carbons (Fsp3) is 0.500. The van der Waals surface area contributed by atoms with Crippen molar-refractivity contribution in [2.24, 2.45) is 5.92 Å². The van der Waals surface area contributed by atoms with Gasteiger partial charge in [0.15, 0.2) is 5.60 Å². The van der Waals surface area contributed by atoms with Gasteiger partial charge in [0.2, 0.25) is 0 Å². The van der Waals surface area contributed by atoms with Crippen LogP contribution in [0.3, 0.4) is 0 Å². The number of aryl methyl sites for hydroxylation is 1. The number of esters is 2. The molecule has 0 amide bonds. The average molecular weight is 575 g/mol. The molecular formula is C32H38N2O6Si. The number of ether oxygens (including phenoxy) is 2. The molecule has 9 heteroatoms. The van der Waals surface area contributed by atoms with Gasteiger partial charge in [-0.15, -0.1) is 0 Å². The Morgan fingerprint density at radius 2 is 1.98 bits per heavy atom. The Morgan fingerprint density at radius 1 is 1.20 bits per heavy atom. The molecule has 4 heterocycles. The molecule has 3 aliphatic rings. The maximum absolute atomic E-state index is 13.7. The van der Waals surface area contributed by atoms with Crippen molar-refractivity contribution in [1.82, 2.24) is 9.55 Å². The van der Waals surface area contributed by atoms with Crippen molar-refractivity contribution in [3.05, 3.63) is 62.9 Å². The highest BCUT2D eigenvalue weighted by atomic mass is 28.3. The number of benzene rings is 1. The third kappa shape index (κ3) is 4.82. The van der Waals surface area contributed by atoms with Gasteiger partial charge < -0.3 is 19.1 Å². The van der Waals surface area contributed by atoms with E-state index in [2.05, 4.69) is 19.2 Å². The Kier molecular flexibility index (Phi) is 7.14. The Morgan fingerprint density at radius 3 is 2.71 bits per heavy atom. The van der Waals surface area contributed by atoms with Crippen LogP contribution in [-0.2, 0) is 44.2 Å². The van der Waals surface area contributed by atoms with Gasteiger partial charge in [0, 0.05) is 24.6 Å². The van der Waals surface area contributed by atoms with Crippen LogP contribution in [0.5, 0.6) is 0 Å². The molecule has 2 aliphatic heterocycles. The number of carbonyl (C=O) groups is 2. The van der Waals surface area contributed by atoms with Crippen LogP contribution in [-0.4, -0.2) is 41.3 Å². The molecule has 41 heavy (non-hydrogen) atoms. The lowest BCUT2D eigenvalue weighted by molar-refractivity contribution is -0.172. The molecule has 1 saturated carbocycles. The summed E-state index contributed by atoms with van der Waals surface area (Å²) in [4.78, 5) is 43.3. The number of hydrogen-bond donors (Lipinski definition) is 1. The van der Waals surface area contributed by atoms with Gasteiger partial charge in [0.05, 0.1) is 41.5 Å². The minimum absolute atomic E-state index is 0.0284. The summed E-state index contributed by atoms with van der Waals surface area (Å²) in [7, 11) is -1.61. The van der Waals surface area contributed by atoms with E-state index in [4.69, 9.17) is 14.5 Å². The molecule has 2 aromatic heterocycles. The summed E-state index contributed by atoms with van der Waals surface area (Å²) < 4.78 is 12.5.